The van der Waals surface area contributed by atoms with Crippen molar-refractivity contribution in [1.29, 1.82) is 0 Å². The van der Waals surface area contributed by atoms with Gasteiger partial charge in [0.2, 0.25) is 0 Å². The molecule has 0 unspecified atom stereocenters. The number of benzene rings is 3. The molecule has 4 rings (SSSR count). The first-order valence-corrected chi connectivity index (χ1v) is 10.0. The molecule has 0 bridgehead atoms. The van der Waals surface area contributed by atoms with Gasteiger partial charge in [-0.1, -0.05) is 54.1 Å². The van der Waals surface area contributed by atoms with Crippen LogP contribution in [0.3, 0.4) is 0 Å². The highest BCUT2D eigenvalue weighted by atomic mass is 35.5. The maximum Gasteiger partial charge on any atom is 0.335 e. The van der Waals surface area contributed by atoms with Crippen molar-refractivity contribution in [2.75, 3.05) is 12.0 Å². The van der Waals surface area contributed by atoms with E-state index in [4.69, 9.17) is 16.3 Å². The Morgan fingerprint density at radius 2 is 1.61 bits per heavy atom. The Kier molecular flexibility index (Phi) is 5.73. The van der Waals surface area contributed by atoms with Crippen LogP contribution < -0.4 is 4.90 Å². The predicted molar refractivity (Wildman–Crippen MR) is 119 cm³/mol. The number of ether oxygens (including phenoxy) is 1. The van der Waals surface area contributed by atoms with Crippen LogP contribution in [-0.4, -0.2) is 18.0 Å². The monoisotopic (exact) mass is 434 g/mol. The molecule has 0 fully saturated rings. The number of esters is 1. The fourth-order valence-electron chi connectivity index (χ4n) is 3.90. The Morgan fingerprint density at radius 3 is 2.19 bits per heavy atom. The average Bonchev–Trinajstić information content (AvgIpc) is 3.20. The Bertz CT molecular complexity index is 1130. The van der Waals surface area contributed by atoms with Crippen LogP contribution in [0.5, 0.6) is 0 Å². The lowest BCUT2D eigenvalue weighted by molar-refractivity contribution is -0.384. The van der Waals surface area contributed by atoms with E-state index in [-0.39, 0.29) is 11.7 Å². The van der Waals surface area contributed by atoms with Crippen LogP contribution in [-0.2, 0) is 9.53 Å². The summed E-state index contributed by atoms with van der Waals surface area (Å²) in [5.74, 6) is -0.426. The van der Waals surface area contributed by atoms with E-state index in [0.29, 0.717) is 10.6 Å². The SMILES string of the molecule is COC(=O)C1=C[C@@H](c2ccccc2)N(c2ccc([N+](=O)[O-])cc2)[C@@H]1c1ccc(Cl)cc1. The van der Waals surface area contributed by atoms with Gasteiger partial charge in [0.05, 0.1) is 29.7 Å². The molecule has 1 heterocycles. The van der Waals surface area contributed by atoms with E-state index < -0.39 is 16.9 Å². The van der Waals surface area contributed by atoms with Crippen molar-refractivity contribution in [3.8, 4) is 0 Å². The summed E-state index contributed by atoms with van der Waals surface area (Å²) in [6, 6.07) is 22.7. The molecule has 0 aliphatic carbocycles. The molecule has 0 amide bonds. The fraction of sp³-hybridized carbons (Fsp3) is 0.125. The molecule has 1 aliphatic rings. The van der Waals surface area contributed by atoms with E-state index >= 15 is 0 Å². The molecule has 0 saturated carbocycles. The van der Waals surface area contributed by atoms with Gasteiger partial charge in [0.1, 0.15) is 0 Å². The van der Waals surface area contributed by atoms with Crippen molar-refractivity contribution in [2.24, 2.45) is 0 Å². The van der Waals surface area contributed by atoms with E-state index in [1.807, 2.05) is 48.5 Å². The van der Waals surface area contributed by atoms with Crippen LogP contribution in [0.4, 0.5) is 11.4 Å². The first-order chi connectivity index (χ1) is 15.0. The minimum absolute atomic E-state index is 0.00315. The third kappa shape index (κ3) is 4.02. The van der Waals surface area contributed by atoms with Gasteiger partial charge in [-0.3, -0.25) is 10.1 Å². The van der Waals surface area contributed by atoms with Gasteiger partial charge in [-0.15, -0.1) is 0 Å². The number of carbonyl (C=O) groups is 1. The van der Waals surface area contributed by atoms with Gasteiger partial charge in [0, 0.05) is 22.8 Å². The van der Waals surface area contributed by atoms with Crippen molar-refractivity contribution in [2.45, 2.75) is 12.1 Å². The lowest BCUT2D eigenvalue weighted by atomic mass is 9.99. The third-order valence-electron chi connectivity index (χ3n) is 5.32. The molecule has 0 radical (unpaired) electrons. The third-order valence-corrected chi connectivity index (χ3v) is 5.57. The maximum absolute atomic E-state index is 12.7. The zero-order valence-corrected chi connectivity index (χ0v) is 17.4. The summed E-state index contributed by atoms with van der Waals surface area (Å²) in [7, 11) is 1.36. The number of carbonyl (C=O) groups excluding carboxylic acids is 1. The molecule has 156 valence electrons. The van der Waals surface area contributed by atoms with Gasteiger partial charge in [0.25, 0.3) is 5.69 Å². The highest BCUT2D eigenvalue weighted by molar-refractivity contribution is 6.30. The smallest absolute Gasteiger partial charge is 0.335 e. The van der Waals surface area contributed by atoms with Crippen molar-refractivity contribution in [1.82, 2.24) is 0 Å². The summed E-state index contributed by atoms with van der Waals surface area (Å²) in [6.07, 6.45) is 1.89. The van der Waals surface area contributed by atoms with Crippen molar-refractivity contribution in [3.05, 3.63) is 117 Å². The Balaban J connectivity index is 1.88. The molecule has 1 aliphatic heterocycles. The van der Waals surface area contributed by atoms with Gasteiger partial charge in [0.15, 0.2) is 0 Å². The van der Waals surface area contributed by atoms with E-state index in [1.165, 1.54) is 19.2 Å². The number of rotatable bonds is 5. The molecule has 3 aromatic carbocycles. The van der Waals surface area contributed by atoms with Gasteiger partial charge >= 0.3 is 5.97 Å². The van der Waals surface area contributed by atoms with E-state index in [0.717, 1.165) is 16.8 Å². The van der Waals surface area contributed by atoms with Gasteiger partial charge < -0.3 is 9.64 Å². The summed E-state index contributed by atoms with van der Waals surface area (Å²) in [5, 5.41) is 11.7. The zero-order valence-electron chi connectivity index (χ0n) is 16.6. The average molecular weight is 435 g/mol. The Labute approximate surface area is 184 Å². The topological polar surface area (TPSA) is 72.7 Å². The first kappa shape index (κ1) is 20.6. The van der Waals surface area contributed by atoms with Gasteiger partial charge in [-0.05, 0) is 41.5 Å². The summed E-state index contributed by atoms with van der Waals surface area (Å²) in [6.45, 7) is 0. The molecule has 3 aromatic rings. The second-order valence-electron chi connectivity index (χ2n) is 7.10. The zero-order chi connectivity index (χ0) is 22.0. The lowest BCUT2D eigenvalue weighted by Crippen LogP contribution is -2.29. The van der Waals surface area contributed by atoms with Crippen LogP contribution in [0.1, 0.15) is 23.2 Å². The maximum atomic E-state index is 12.7. The summed E-state index contributed by atoms with van der Waals surface area (Å²) in [4.78, 5) is 25.5. The minimum atomic E-state index is -0.448. The number of methoxy groups -OCH3 is 1. The van der Waals surface area contributed by atoms with E-state index in [9.17, 15) is 14.9 Å². The molecule has 0 aromatic heterocycles. The number of anilines is 1. The highest BCUT2D eigenvalue weighted by Crippen LogP contribution is 2.47. The number of halogens is 1. The number of nitro groups is 1. The molecule has 0 saturated heterocycles. The first-order valence-electron chi connectivity index (χ1n) is 9.63. The second kappa shape index (κ2) is 8.62. The van der Waals surface area contributed by atoms with E-state index in [1.54, 1.807) is 24.3 Å². The van der Waals surface area contributed by atoms with Crippen molar-refractivity contribution in [3.63, 3.8) is 0 Å². The second-order valence-corrected chi connectivity index (χ2v) is 7.54. The highest BCUT2D eigenvalue weighted by Gasteiger charge is 2.40. The minimum Gasteiger partial charge on any atom is -0.466 e. The van der Waals surface area contributed by atoms with Crippen molar-refractivity contribution >= 4 is 28.9 Å². The number of hydrogen-bond donors (Lipinski definition) is 0. The molecule has 0 spiro atoms. The standard InChI is InChI=1S/C24H19ClN2O4/c1-31-24(28)21-15-22(16-5-3-2-4-6-16)26(19-11-13-20(14-12-19)27(29)30)23(21)17-7-9-18(25)10-8-17/h2-15,22-23H,1H3/t22-,23+/m0/s1. The number of non-ortho nitro benzene ring substituents is 1. The summed E-state index contributed by atoms with van der Waals surface area (Å²) >= 11 is 6.09. The molecule has 2 atom stereocenters. The van der Waals surface area contributed by atoms with Crippen LogP contribution in [0, 0.1) is 10.1 Å². The Hall–Kier alpha value is -3.64. The predicted octanol–water partition coefficient (Wildman–Crippen LogP) is 5.65. The molecular formula is C24H19ClN2O4. The molecule has 7 heteroatoms. The number of hydrogen-bond acceptors (Lipinski definition) is 5. The molecule has 0 N–H and O–H groups in total. The lowest BCUT2D eigenvalue weighted by Gasteiger charge is -2.34. The van der Waals surface area contributed by atoms with Crippen LogP contribution >= 0.6 is 11.6 Å². The van der Waals surface area contributed by atoms with Crippen LogP contribution in [0.25, 0.3) is 0 Å². The van der Waals surface area contributed by atoms with Crippen LogP contribution in [0.2, 0.25) is 5.02 Å². The van der Waals surface area contributed by atoms with Gasteiger partial charge in [-0.2, -0.15) is 0 Å². The quantitative estimate of drug-likeness (QED) is 0.295. The van der Waals surface area contributed by atoms with Gasteiger partial charge in [-0.25, -0.2) is 4.79 Å². The molecule has 31 heavy (non-hydrogen) atoms. The molecular weight excluding hydrogens is 416 g/mol. The Morgan fingerprint density at radius 1 is 0.968 bits per heavy atom. The largest absolute Gasteiger partial charge is 0.466 e. The van der Waals surface area contributed by atoms with Crippen LogP contribution in [0.15, 0.2) is 90.5 Å². The number of nitro benzene ring substituents is 1. The van der Waals surface area contributed by atoms with E-state index in [2.05, 4.69) is 4.90 Å². The molecule has 6 nitrogen and oxygen atoms in total. The summed E-state index contributed by atoms with van der Waals surface area (Å²) < 4.78 is 5.08. The fourth-order valence-corrected chi connectivity index (χ4v) is 4.02. The summed E-state index contributed by atoms with van der Waals surface area (Å²) in [5.41, 5.74) is 3.09. The normalized spacial score (nSPS) is 17.9. The van der Waals surface area contributed by atoms with Crippen molar-refractivity contribution < 1.29 is 14.5 Å². The number of nitrogens with zero attached hydrogens (tertiary/aromatic N) is 2.